The van der Waals surface area contributed by atoms with Crippen molar-refractivity contribution < 1.29 is 14.8 Å². The largest absolute Gasteiger partial charge is 0.391 e. The first kappa shape index (κ1) is 17.9. The number of urea groups is 1. The highest BCUT2D eigenvalue weighted by Crippen LogP contribution is 2.21. The zero-order valence-electron chi connectivity index (χ0n) is 12.9. The van der Waals surface area contributed by atoms with E-state index in [1.165, 1.54) is 12.1 Å². The Labute approximate surface area is 129 Å². The molecular weight excluding hydrogens is 286 g/mol. The average Bonchev–Trinajstić information content (AvgIpc) is 2.51. The number of non-ortho nitro benzene ring substituents is 1. The van der Waals surface area contributed by atoms with E-state index in [9.17, 15) is 20.0 Å². The molecule has 2 atom stereocenters. The van der Waals surface area contributed by atoms with Crippen LogP contribution in [-0.4, -0.2) is 28.7 Å². The number of hydrogen-bond acceptors (Lipinski definition) is 4. The molecule has 2 unspecified atom stereocenters. The minimum atomic E-state index is -0.561. The topological polar surface area (TPSA) is 104 Å². The van der Waals surface area contributed by atoms with Crippen LogP contribution in [0.5, 0.6) is 0 Å². The summed E-state index contributed by atoms with van der Waals surface area (Å²) >= 11 is 0. The van der Waals surface area contributed by atoms with E-state index in [4.69, 9.17) is 0 Å². The van der Waals surface area contributed by atoms with Gasteiger partial charge >= 0.3 is 6.03 Å². The zero-order chi connectivity index (χ0) is 16.5. The van der Waals surface area contributed by atoms with E-state index in [1.807, 2.05) is 13.8 Å². The predicted molar refractivity (Wildman–Crippen MR) is 83.6 cm³/mol. The molecule has 2 amide bonds. The molecule has 122 valence electrons. The van der Waals surface area contributed by atoms with Crippen molar-refractivity contribution in [2.24, 2.45) is 0 Å². The number of rotatable bonds is 8. The molecule has 0 fully saturated rings. The van der Waals surface area contributed by atoms with Crippen LogP contribution in [0.15, 0.2) is 24.3 Å². The first-order valence-electron chi connectivity index (χ1n) is 7.44. The third kappa shape index (κ3) is 5.69. The summed E-state index contributed by atoms with van der Waals surface area (Å²) in [6, 6.07) is 5.50. The number of benzene rings is 1. The second-order valence-corrected chi connectivity index (χ2v) is 5.11. The molecule has 1 rings (SSSR count). The van der Waals surface area contributed by atoms with Crippen LogP contribution >= 0.6 is 0 Å². The molecule has 1 aromatic carbocycles. The summed E-state index contributed by atoms with van der Waals surface area (Å²) in [4.78, 5) is 22.2. The molecule has 0 aromatic heterocycles. The summed E-state index contributed by atoms with van der Waals surface area (Å²) in [5.41, 5.74) is 0.678. The second kappa shape index (κ2) is 8.99. The average molecular weight is 309 g/mol. The Morgan fingerprint density at radius 3 is 2.73 bits per heavy atom. The van der Waals surface area contributed by atoms with Crippen LogP contribution in [0.4, 0.5) is 10.5 Å². The van der Waals surface area contributed by atoms with Gasteiger partial charge in [0.05, 0.1) is 17.1 Å². The summed E-state index contributed by atoms with van der Waals surface area (Å²) in [7, 11) is 0. The van der Waals surface area contributed by atoms with Crippen molar-refractivity contribution in [1.82, 2.24) is 10.6 Å². The van der Waals surface area contributed by atoms with E-state index < -0.39 is 17.1 Å². The first-order chi connectivity index (χ1) is 10.5. The Balaban J connectivity index is 2.62. The standard InChI is InChI=1S/C15H23N3O4/c1-3-6-13(19)10-16-15(20)17-14(4-2)11-7-5-8-12(9-11)18(21)22/h5,7-9,13-14,19H,3-4,6,10H2,1-2H3,(H2,16,17,20). The van der Waals surface area contributed by atoms with Gasteiger partial charge in [0.25, 0.3) is 5.69 Å². The number of carbonyl (C=O) groups excluding carboxylic acids is 1. The number of nitrogens with one attached hydrogen (secondary N) is 2. The molecule has 7 heteroatoms. The number of aliphatic hydroxyl groups excluding tert-OH is 1. The van der Waals surface area contributed by atoms with Crippen molar-refractivity contribution in [2.75, 3.05) is 6.54 Å². The van der Waals surface area contributed by atoms with Crippen molar-refractivity contribution in [3.8, 4) is 0 Å². The van der Waals surface area contributed by atoms with Crippen LogP contribution in [0, 0.1) is 10.1 Å². The van der Waals surface area contributed by atoms with Gasteiger partial charge in [-0.3, -0.25) is 10.1 Å². The fourth-order valence-corrected chi connectivity index (χ4v) is 2.13. The summed E-state index contributed by atoms with van der Waals surface area (Å²) in [5.74, 6) is 0. The molecule has 0 radical (unpaired) electrons. The molecule has 0 aliphatic rings. The molecule has 0 bridgehead atoms. The summed E-state index contributed by atoms with van der Waals surface area (Å²) in [5, 5.41) is 25.8. The third-order valence-corrected chi connectivity index (χ3v) is 3.32. The molecule has 7 nitrogen and oxygen atoms in total. The van der Waals surface area contributed by atoms with E-state index >= 15 is 0 Å². The van der Waals surface area contributed by atoms with E-state index in [1.54, 1.807) is 12.1 Å². The molecule has 0 aliphatic carbocycles. The highest BCUT2D eigenvalue weighted by atomic mass is 16.6. The van der Waals surface area contributed by atoms with Crippen LogP contribution < -0.4 is 10.6 Å². The maximum absolute atomic E-state index is 11.8. The Hall–Kier alpha value is -2.15. The monoisotopic (exact) mass is 309 g/mol. The fourth-order valence-electron chi connectivity index (χ4n) is 2.13. The highest BCUT2D eigenvalue weighted by Gasteiger charge is 2.16. The maximum Gasteiger partial charge on any atom is 0.315 e. The van der Waals surface area contributed by atoms with Crippen molar-refractivity contribution in [2.45, 2.75) is 45.3 Å². The molecule has 22 heavy (non-hydrogen) atoms. The molecule has 0 aliphatic heterocycles. The van der Waals surface area contributed by atoms with E-state index in [2.05, 4.69) is 10.6 Å². The third-order valence-electron chi connectivity index (χ3n) is 3.32. The SMILES string of the molecule is CCCC(O)CNC(=O)NC(CC)c1cccc([N+](=O)[O-])c1. The van der Waals surface area contributed by atoms with Crippen LogP contribution in [0.25, 0.3) is 0 Å². The zero-order valence-corrected chi connectivity index (χ0v) is 12.9. The molecule has 0 saturated carbocycles. The highest BCUT2D eigenvalue weighted by molar-refractivity contribution is 5.74. The number of nitrogens with zero attached hydrogens (tertiary/aromatic N) is 1. The summed E-state index contributed by atoms with van der Waals surface area (Å²) in [6.45, 7) is 4.03. The number of carbonyl (C=O) groups is 1. The molecular formula is C15H23N3O4. The second-order valence-electron chi connectivity index (χ2n) is 5.11. The lowest BCUT2D eigenvalue weighted by molar-refractivity contribution is -0.384. The lowest BCUT2D eigenvalue weighted by atomic mass is 10.0. The molecule has 0 saturated heterocycles. The van der Waals surface area contributed by atoms with Gasteiger partial charge < -0.3 is 15.7 Å². The lowest BCUT2D eigenvalue weighted by Crippen LogP contribution is -2.41. The summed E-state index contributed by atoms with van der Waals surface area (Å²) < 4.78 is 0. The van der Waals surface area contributed by atoms with Gasteiger partial charge in [-0.05, 0) is 18.4 Å². The van der Waals surface area contributed by atoms with Crippen molar-refractivity contribution in [1.29, 1.82) is 0 Å². The van der Waals surface area contributed by atoms with Gasteiger partial charge in [0, 0.05) is 18.7 Å². The van der Waals surface area contributed by atoms with E-state index in [-0.39, 0.29) is 18.3 Å². The maximum atomic E-state index is 11.8. The van der Waals surface area contributed by atoms with Gasteiger partial charge in [-0.15, -0.1) is 0 Å². The van der Waals surface area contributed by atoms with Gasteiger partial charge in [-0.2, -0.15) is 0 Å². The van der Waals surface area contributed by atoms with Gasteiger partial charge in [0.15, 0.2) is 0 Å². The molecule has 0 heterocycles. The number of nitro benzene ring substituents is 1. The van der Waals surface area contributed by atoms with Gasteiger partial charge in [-0.1, -0.05) is 32.4 Å². The van der Waals surface area contributed by atoms with Crippen molar-refractivity contribution in [3.05, 3.63) is 39.9 Å². The molecule has 1 aromatic rings. The minimum Gasteiger partial charge on any atom is -0.391 e. The lowest BCUT2D eigenvalue weighted by Gasteiger charge is -2.18. The number of aliphatic hydroxyl groups is 1. The fraction of sp³-hybridized carbons (Fsp3) is 0.533. The Bertz CT molecular complexity index is 507. The van der Waals surface area contributed by atoms with Gasteiger partial charge in [0.1, 0.15) is 0 Å². The Morgan fingerprint density at radius 2 is 2.14 bits per heavy atom. The summed E-state index contributed by atoms with van der Waals surface area (Å²) in [6.07, 6.45) is 1.51. The first-order valence-corrected chi connectivity index (χ1v) is 7.44. The number of hydrogen-bond donors (Lipinski definition) is 3. The molecule has 3 N–H and O–H groups in total. The van der Waals surface area contributed by atoms with Gasteiger partial charge in [-0.25, -0.2) is 4.79 Å². The van der Waals surface area contributed by atoms with E-state index in [0.717, 1.165) is 6.42 Å². The van der Waals surface area contributed by atoms with Crippen LogP contribution in [0.1, 0.15) is 44.7 Å². The smallest absolute Gasteiger partial charge is 0.315 e. The molecule has 0 spiro atoms. The van der Waals surface area contributed by atoms with Gasteiger partial charge in [0.2, 0.25) is 0 Å². The minimum absolute atomic E-state index is 0.00322. The van der Waals surface area contributed by atoms with E-state index in [0.29, 0.717) is 18.4 Å². The van der Waals surface area contributed by atoms with Crippen LogP contribution in [0.3, 0.4) is 0 Å². The number of amides is 2. The Kier molecular flexibility index (Phi) is 7.31. The quantitative estimate of drug-likeness (QED) is 0.507. The van der Waals surface area contributed by atoms with Crippen LogP contribution in [-0.2, 0) is 0 Å². The van der Waals surface area contributed by atoms with Crippen molar-refractivity contribution >= 4 is 11.7 Å². The van der Waals surface area contributed by atoms with Crippen molar-refractivity contribution in [3.63, 3.8) is 0 Å². The predicted octanol–water partition coefficient (Wildman–Crippen LogP) is 2.51. The van der Waals surface area contributed by atoms with Crippen LogP contribution in [0.2, 0.25) is 0 Å². The number of nitro groups is 1. The normalized spacial score (nSPS) is 13.2. The Morgan fingerprint density at radius 1 is 1.41 bits per heavy atom.